The first kappa shape index (κ1) is 29.3. The molecule has 0 N–H and O–H groups in total. The van der Waals surface area contributed by atoms with Gasteiger partial charge in [0.1, 0.15) is 11.9 Å². The van der Waals surface area contributed by atoms with Crippen molar-refractivity contribution in [3.63, 3.8) is 0 Å². The lowest BCUT2D eigenvalue weighted by molar-refractivity contribution is 0.269. The summed E-state index contributed by atoms with van der Waals surface area (Å²) in [6.07, 6.45) is 8.43. The Kier molecular flexibility index (Phi) is 6.48. The smallest absolute Gasteiger partial charge is 0.167 e. The molecular weight excluding hydrogens is 657 g/mol. The fourth-order valence-electron chi connectivity index (χ4n) is 7.71. The minimum Gasteiger partial charge on any atom is -0.484 e. The minimum absolute atomic E-state index is 0.0362. The quantitative estimate of drug-likeness (QED) is 0.185. The summed E-state index contributed by atoms with van der Waals surface area (Å²) >= 11 is 1.81. The summed E-state index contributed by atoms with van der Waals surface area (Å²) < 4.78 is 9.02. The summed E-state index contributed by atoms with van der Waals surface area (Å²) in [5.74, 6) is 2.81. The van der Waals surface area contributed by atoms with Gasteiger partial charge in [-0.15, -0.1) is 11.3 Å². The van der Waals surface area contributed by atoms with Crippen molar-refractivity contribution in [3.05, 3.63) is 163 Å². The zero-order chi connectivity index (χ0) is 34.2. The number of rotatable bonds is 4. The SMILES string of the molecule is C1=CC2Oc3c(-c4nc(-c5ccc(-c6nc7c8ccccc8sc7c7ccccc67)cc5)nc(-c5ccc6ccccc6c5)n4)cccc3C2C=C1. The van der Waals surface area contributed by atoms with Crippen LogP contribution in [0.1, 0.15) is 11.5 Å². The van der Waals surface area contributed by atoms with Gasteiger partial charge in [0, 0.05) is 49.0 Å². The highest BCUT2D eigenvalue weighted by Crippen LogP contribution is 2.46. The van der Waals surface area contributed by atoms with E-state index in [4.69, 9.17) is 24.7 Å². The van der Waals surface area contributed by atoms with Gasteiger partial charge in [0.25, 0.3) is 0 Å². The van der Waals surface area contributed by atoms with Crippen LogP contribution in [0.5, 0.6) is 5.75 Å². The highest BCUT2D eigenvalue weighted by molar-refractivity contribution is 7.26. The molecular formula is C46H28N4OS. The molecule has 2 unspecified atom stereocenters. The lowest BCUT2D eigenvalue weighted by Gasteiger charge is -2.14. The second-order valence-electron chi connectivity index (χ2n) is 13.3. The van der Waals surface area contributed by atoms with E-state index in [1.807, 2.05) is 6.08 Å². The molecule has 0 amide bonds. The number of para-hydroxylation sites is 1. The van der Waals surface area contributed by atoms with Crippen molar-refractivity contribution in [1.82, 2.24) is 19.9 Å². The van der Waals surface area contributed by atoms with Crippen LogP contribution in [0.2, 0.25) is 0 Å². The zero-order valence-electron chi connectivity index (χ0n) is 27.8. The van der Waals surface area contributed by atoms with Crippen LogP contribution in [0, 0.1) is 0 Å². The summed E-state index contributed by atoms with van der Waals surface area (Å²) in [7, 11) is 0. The topological polar surface area (TPSA) is 60.8 Å². The number of fused-ring (bicyclic) bond motifs is 9. The molecule has 3 aromatic heterocycles. The predicted octanol–water partition coefficient (Wildman–Crippen LogP) is 11.6. The fourth-order valence-corrected chi connectivity index (χ4v) is 8.89. The van der Waals surface area contributed by atoms with Crippen molar-refractivity contribution < 1.29 is 4.74 Å². The summed E-state index contributed by atoms with van der Waals surface area (Å²) in [5.41, 5.74) is 6.89. The van der Waals surface area contributed by atoms with Crippen LogP contribution in [-0.2, 0) is 0 Å². The van der Waals surface area contributed by atoms with Crippen molar-refractivity contribution in [3.8, 4) is 51.2 Å². The van der Waals surface area contributed by atoms with Crippen LogP contribution in [0.4, 0.5) is 0 Å². The molecule has 0 radical (unpaired) electrons. The van der Waals surface area contributed by atoms with Crippen molar-refractivity contribution >= 4 is 53.2 Å². The van der Waals surface area contributed by atoms with Gasteiger partial charge in [-0.2, -0.15) is 0 Å². The molecule has 1 aliphatic carbocycles. The molecule has 0 fully saturated rings. The van der Waals surface area contributed by atoms with Crippen LogP contribution in [0.3, 0.4) is 0 Å². The Morgan fingerprint density at radius 1 is 0.519 bits per heavy atom. The number of hydrogen-bond acceptors (Lipinski definition) is 6. The molecule has 2 atom stereocenters. The number of allylic oxidation sites excluding steroid dienone is 2. The Hall–Kier alpha value is -6.50. The first-order valence-corrected chi connectivity index (χ1v) is 18.3. The monoisotopic (exact) mass is 684 g/mol. The molecule has 6 heteroatoms. The molecule has 244 valence electrons. The van der Waals surface area contributed by atoms with Crippen LogP contribution in [0.25, 0.3) is 87.3 Å². The van der Waals surface area contributed by atoms with Crippen LogP contribution in [-0.4, -0.2) is 26.0 Å². The van der Waals surface area contributed by atoms with Gasteiger partial charge in [-0.1, -0.05) is 133 Å². The van der Waals surface area contributed by atoms with E-state index in [1.165, 1.54) is 25.6 Å². The van der Waals surface area contributed by atoms with E-state index >= 15 is 0 Å². The van der Waals surface area contributed by atoms with Gasteiger partial charge in [0.15, 0.2) is 17.5 Å². The summed E-state index contributed by atoms with van der Waals surface area (Å²) in [6.45, 7) is 0. The first-order chi connectivity index (χ1) is 25.7. The maximum absolute atomic E-state index is 6.55. The van der Waals surface area contributed by atoms with Gasteiger partial charge in [-0.25, -0.2) is 19.9 Å². The molecule has 0 spiro atoms. The van der Waals surface area contributed by atoms with Crippen LogP contribution >= 0.6 is 11.3 Å². The summed E-state index contributed by atoms with van der Waals surface area (Å²) in [6, 6.07) is 46.6. The van der Waals surface area contributed by atoms with Gasteiger partial charge in [0.2, 0.25) is 0 Å². The number of ether oxygens (including phenoxy) is 1. The lowest BCUT2D eigenvalue weighted by atomic mass is 9.91. The average molecular weight is 685 g/mol. The number of hydrogen-bond donors (Lipinski definition) is 0. The number of nitrogens with zero attached hydrogens (tertiary/aromatic N) is 4. The van der Waals surface area contributed by atoms with Crippen LogP contribution in [0.15, 0.2) is 158 Å². The van der Waals surface area contributed by atoms with Gasteiger partial charge in [0.05, 0.1) is 21.5 Å². The molecule has 1 aliphatic heterocycles. The lowest BCUT2D eigenvalue weighted by Crippen LogP contribution is -2.15. The fraction of sp³-hybridized carbons (Fsp3) is 0.0435. The van der Waals surface area contributed by atoms with Crippen molar-refractivity contribution in [2.75, 3.05) is 0 Å². The number of benzene rings is 6. The number of pyridine rings is 1. The molecule has 52 heavy (non-hydrogen) atoms. The first-order valence-electron chi connectivity index (χ1n) is 17.5. The van der Waals surface area contributed by atoms with Crippen molar-refractivity contribution in [1.29, 1.82) is 0 Å². The number of thiophene rings is 1. The second kappa shape index (κ2) is 11.5. The molecule has 6 aromatic carbocycles. The van der Waals surface area contributed by atoms with E-state index in [9.17, 15) is 0 Å². The van der Waals surface area contributed by atoms with Crippen LogP contribution < -0.4 is 4.74 Å². The molecule has 0 saturated carbocycles. The van der Waals surface area contributed by atoms with Crippen molar-refractivity contribution in [2.24, 2.45) is 0 Å². The van der Waals surface area contributed by atoms with E-state index < -0.39 is 0 Å². The second-order valence-corrected chi connectivity index (χ2v) is 14.4. The molecule has 4 heterocycles. The maximum Gasteiger partial charge on any atom is 0.167 e. The minimum atomic E-state index is -0.0362. The van der Waals surface area contributed by atoms with Gasteiger partial charge < -0.3 is 4.74 Å². The third-order valence-corrected chi connectivity index (χ3v) is 11.5. The van der Waals surface area contributed by atoms with E-state index in [0.717, 1.165) is 55.5 Å². The van der Waals surface area contributed by atoms with Gasteiger partial charge in [-0.05, 0) is 35.0 Å². The van der Waals surface area contributed by atoms with E-state index in [0.29, 0.717) is 17.5 Å². The zero-order valence-corrected chi connectivity index (χ0v) is 28.6. The molecule has 9 aromatic rings. The van der Waals surface area contributed by atoms with Gasteiger partial charge in [-0.3, -0.25) is 0 Å². The summed E-state index contributed by atoms with van der Waals surface area (Å²) in [4.78, 5) is 20.6. The Bertz CT molecular complexity index is 2960. The molecule has 0 saturated heterocycles. The number of aromatic nitrogens is 4. The normalized spacial score (nSPS) is 16.1. The Labute approximate surface area is 303 Å². The third kappa shape index (κ3) is 4.61. The Morgan fingerprint density at radius 2 is 1.21 bits per heavy atom. The van der Waals surface area contributed by atoms with Gasteiger partial charge >= 0.3 is 0 Å². The molecule has 5 nitrogen and oxygen atoms in total. The Morgan fingerprint density at radius 3 is 2.10 bits per heavy atom. The van der Waals surface area contributed by atoms with E-state index in [1.54, 1.807) is 11.3 Å². The maximum atomic E-state index is 6.55. The van der Waals surface area contributed by atoms with E-state index in [2.05, 4.69) is 152 Å². The third-order valence-electron chi connectivity index (χ3n) is 10.3. The highest BCUT2D eigenvalue weighted by Gasteiger charge is 2.34. The van der Waals surface area contributed by atoms with E-state index in [-0.39, 0.29) is 12.0 Å². The van der Waals surface area contributed by atoms with Crippen molar-refractivity contribution in [2.45, 2.75) is 12.0 Å². The summed E-state index contributed by atoms with van der Waals surface area (Å²) in [5, 5.41) is 5.85. The molecule has 11 rings (SSSR count). The largest absolute Gasteiger partial charge is 0.484 e. The standard InChI is InChI=1S/C46H28N4OS/c1-2-11-30-26-31(25-20-27(30)10-1)45-48-44(49-46(50-45)37-17-9-16-34-32-12-5-7-18-38(32)51-42(34)37)29-23-21-28(22-24-29)40-33-13-3-4-14-35(33)43-41(47-40)36-15-6-8-19-39(36)52-43/h1-26,32,38H. The highest BCUT2D eigenvalue weighted by atomic mass is 32.1. The average Bonchev–Trinajstić information content (AvgIpc) is 3.79. The molecule has 0 bridgehead atoms. The Balaban J connectivity index is 1.06. The predicted molar refractivity (Wildman–Crippen MR) is 213 cm³/mol. The molecule has 2 aliphatic rings.